The molecule has 1 atom stereocenters. The summed E-state index contributed by atoms with van der Waals surface area (Å²) in [7, 11) is -3.86. The molecule has 5 nitrogen and oxygen atoms in total. The smallest absolute Gasteiger partial charge is 0.305 e. The fraction of sp³-hybridized carbons (Fsp3) is 0.600. The lowest BCUT2D eigenvalue weighted by molar-refractivity contribution is -0.485. The molecule has 1 aromatic rings. The Labute approximate surface area is 135 Å². The standard InChI is InChI=1S/C15H19ClO5S/c1-14(22(17,18)13-7-5-12(16)6-8-13)19-11-15(21-20-14)9-3-2-4-10-15/h5-8H,2-4,9-11H2,1H3. The molecule has 1 aliphatic heterocycles. The van der Waals surface area contributed by atoms with Gasteiger partial charge in [-0.3, -0.25) is 0 Å². The molecule has 1 aromatic carbocycles. The van der Waals surface area contributed by atoms with Crippen LogP contribution in [-0.2, 0) is 24.3 Å². The van der Waals surface area contributed by atoms with Crippen LogP contribution in [0.5, 0.6) is 0 Å². The summed E-state index contributed by atoms with van der Waals surface area (Å²) in [5.74, 6) is 0. The summed E-state index contributed by atoms with van der Waals surface area (Å²) >= 11 is 5.80. The van der Waals surface area contributed by atoms with Gasteiger partial charge in [0.2, 0.25) is 9.84 Å². The quantitative estimate of drug-likeness (QED) is 0.767. The van der Waals surface area contributed by atoms with Crippen LogP contribution in [0.15, 0.2) is 29.2 Å². The van der Waals surface area contributed by atoms with Crippen LogP contribution in [0, 0.1) is 0 Å². The zero-order valence-corrected chi connectivity index (χ0v) is 14.0. The number of sulfone groups is 1. The van der Waals surface area contributed by atoms with E-state index in [1.165, 1.54) is 31.2 Å². The lowest BCUT2D eigenvalue weighted by Gasteiger charge is -2.44. The van der Waals surface area contributed by atoms with E-state index < -0.39 is 20.6 Å². The molecule has 2 aliphatic rings. The molecule has 0 N–H and O–H groups in total. The minimum Gasteiger partial charge on any atom is -0.332 e. The summed E-state index contributed by atoms with van der Waals surface area (Å²) in [6.07, 6.45) is 4.88. The molecule has 1 aliphatic carbocycles. The first-order chi connectivity index (χ1) is 10.4. The first-order valence-corrected chi connectivity index (χ1v) is 9.24. The molecule has 1 spiro atoms. The van der Waals surface area contributed by atoms with Crippen LogP contribution < -0.4 is 0 Å². The Bertz CT molecular complexity index is 624. The second-order valence-electron chi connectivity index (χ2n) is 6.02. The third-order valence-electron chi connectivity index (χ3n) is 4.34. The number of rotatable bonds is 2. The Hall–Kier alpha value is -0.660. The minimum atomic E-state index is -3.86. The van der Waals surface area contributed by atoms with Crippen LogP contribution in [0.2, 0.25) is 5.02 Å². The molecular formula is C15H19ClO5S. The van der Waals surface area contributed by atoms with Crippen LogP contribution in [0.3, 0.4) is 0 Å². The van der Waals surface area contributed by atoms with Gasteiger partial charge in [-0.25, -0.2) is 13.3 Å². The molecule has 3 rings (SSSR count). The predicted octanol–water partition coefficient (Wildman–Crippen LogP) is 3.47. The molecule has 1 saturated carbocycles. The molecule has 0 aromatic heterocycles. The number of halogens is 1. The maximum atomic E-state index is 12.7. The summed E-state index contributed by atoms with van der Waals surface area (Å²) < 4.78 is 31.1. The van der Waals surface area contributed by atoms with Crippen molar-refractivity contribution in [2.24, 2.45) is 0 Å². The minimum absolute atomic E-state index is 0.0857. The first kappa shape index (κ1) is 16.2. The second-order valence-corrected chi connectivity index (χ2v) is 8.68. The summed E-state index contributed by atoms with van der Waals surface area (Å²) in [5.41, 5.74) is -0.507. The van der Waals surface area contributed by atoms with E-state index in [9.17, 15) is 8.42 Å². The van der Waals surface area contributed by atoms with Gasteiger partial charge >= 0.3 is 5.12 Å². The Morgan fingerprint density at radius 2 is 1.68 bits per heavy atom. The normalized spacial score (nSPS) is 28.6. The third-order valence-corrected chi connectivity index (χ3v) is 6.65. The van der Waals surface area contributed by atoms with E-state index in [1.54, 1.807) is 0 Å². The van der Waals surface area contributed by atoms with E-state index in [0.29, 0.717) is 5.02 Å². The maximum Gasteiger partial charge on any atom is 0.305 e. The topological polar surface area (TPSA) is 61.8 Å². The van der Waals surface area contributed by atoms with E-state index in [2.05, 4.69) is 0 Å². The van der Waals surface area contributed by atoms with Gasteiger partial charge < -0.3 is 4.74 Å². The van der Waals surface area contributed by atoms with Gasteiger partial charge in [0.15, 0.2) is 0 Å². The van der Waals surface area contributed by atoms with Gasteiger partial charge in [-0.2, -0.15) is 4.89 Å². The van der Waals surface area contributed by atoms with Gasteiger partial charge in [0.1, 0.15) is 5.60 Å². The van der Waals surface area contributed by atoms with Crippen LogP contribution in [0.25, 0.3) is 0 Å². The Morgan fingerprint density at radius 1 is 1.05 bits per heavy atom. The lowest BCUT2D eigenvalue weighted by atomic mass is 9.85. The van der Waals surface area contributed by atoms with Crippen molar-refractivity contribution in [1.82, 2.24) is 0 Å². The first-order valence-electron chi connectivity index (χ1n) is 7.38. The van der Waals surface area contributed by atoms with Gasteiger partial charge in [0.25, 0.3) is 0 Å². The van der Waals surface area contributed by atoms with Crippen molar-refractivity contribution >= 4 is 21.4 Å². The van der Waals surface area contributed by atoms with Crippen molar-refractivity contribution in [3.8, 4) is 0 Å². The summed E-state index contributed by atoms with van der Waals surface area (Å²) in [6.45, 7) is 1.59. The van der Waals surface area contributed by atoms with E-state index in [4.69, 9.17) is 26.1 Å². The van der Waals surface area contributed by atoms with Gasteiger partial charge in [-0.1, -0.05) is 30.9 Å². The summed E-state index contributed by atoms with van der Waals surface area (Å²) in [5, 5.41) is -1.38. The van der Waals surface area contributed by atoms with Gasteiger partial charge in [0, 0.05) is 11.9 Å². The highest BCUT2D eigenvalue weighted by Gasteiger charge is 2.52. The Kier molecular flexibility index (Phi) is 4.24. The highest BCUT2D eigenvalue weighted by atomic mass is 35.5. The Morgan fingerprint density at radius 3 is 2.23 bits per heavy atom. The monoisotopic (exact) mass is 346 g/mol. The van der Waals surface area contributed by atoms with Gasteiger partial charge in [0.05, 0.1) is 11.5 Å². The molecule has 1 unspecified atom stereocenters. The maximum absolute atomic E-state index is 12.7. The molecular weight excluding hydrogens is 328 g/mol. The molecule has 122 valence electrons. The van der Waals surface area contributed by atoms with Crippen LogP contribution in [0.4, 0.5) is 0 Å². The van der Waals surface area contributed by atoms with Crippen LogP contribution >= 0.6 is 11.6 Å². The average molecular weight is 347 g/mol. The van der Waals surface area contributed by atoms with Crippen molar-refractivity contribution in [3.05, 3.63) is 29.3 Å². The van der Waals surface area contributed by atoms with Crippen LogP contribution in [0.1, 0.15) is 39.0 Å². The fourth-order valence-electron chi connectivity index (χ4n) is 2.85. The molecule has 1 heterocycles. The van der Waals surface area contributed by atoms with Crippen LogP contribution in [-0.4, -0.2) is 25.7 Å². The highest BCUT2D eigenvalue weighted by molar-refractivity contribution is 7.92. The second kappa shape index (κ2) is 5.76. The van der Waals surface area contributed by atoms with Crippen molar-refractivity contribution in [2.45, 2.75) is 54.6 Å². The van der Waals surface area contributed by atoms with Gasteiger partial charge in [-0.15, -0.1) is 0 Å². The largest absolute Gasteiger partial charge is 0.332 e. The van der Waals surface area contributed by atoms with Crippen molar-refractivity contribution in [1.29, 1.82) is 0 Å². The SMILES string of the molecule is CC1(S(=O)(=O)c2ccc(Cl)cc2)OCC2(CCCCC2)OO1. The van der Waals surface area contributed by atoms with Crippen molar-refractivity contribution in [3.63, 3.8) is 0 Å². The predicted molar refractivity (Wildman–Crippen MR) is 81.0 cm³/mol. The number of ether oxygens (including phenoxy) is 1. The molecule has 22 heavy (non-hydrogen) atoms. The summed E-state index contributed by atoms with van der Waals surface area (Å²) in [6, 6.07) is 5.90. The van der Waals surface area contributed by atoms with E-state index in [-0.39, 0.29) is 11.5 Å². The average Bonchev–Trinajstić information content (AvgIpc) is 2.52. The lowest BCUT2D eigenvalue weighted by Crippen LogP contribution is -2.54. The molecule has 7 heteroatoms. The molecule has 2 fully saturated rings. The number of benzene rings is 1. The summed E-state index contributed by atoms with van der Waals surface area (Å²) in [4.78, 5) is 10.9. The molecule has 0 amide bonds. The zero-order valence-electron chi connectivity index (χ0n) is 12.4. The molecule has 0 bridgehead atoms. The van der Waals surface area contributed by atoms with E-state index in [1.807, 2.05) is 0 Å². The third kappa shape index (κ3) is 2.78. The zero-order chi connectivity index (χ0) is 15.8. The fourth-order valence-corrected chi connectivity index (χ4v) is 4.23. The number of hydrogen-bond donors (Lipinski definition) is 0. The van der Waals surface area contributed by atoms with Crippen molar-refractivity contribution in [2.75, 3.05) is 6.61 Å². The van der Waals surface area contributed by atoms with E-state index >= 15 is 0 Å². The van der Waals surface area contributed by atoms with Crippen molar-refractivity contribution < 1.29 is 22.9 Å². The highest BCUT2D eigenvalue weighted by Crippen LogP contribution is 2.41. The van der Waals surface area contributed by atoms with Gasteiger partial charge in [-0.05, 0) is 37.1 Å². The molecule has 1 saturated heterocycles. The Balaban J connectivity index is 1.81. The van der Waals surface area contributed by atoms with E-state index in [0.717, 1.165) is 32.1 Å². The number of hydrogen-bond acceptors (Lipinski definition) is 5. The molecule has 0 radical (unpaired) electrons.